The summed E-state index contributed by atoms with van der Waals surface area (Å²) in [5.74, 6) is 0.735. The highest BCUT2D eigenvalue weighted by molar-refractivity contribution is 9.10. The van der Waals surface area contributed by atoms with Crippen LogP contribution in [0.3, 0.4) is 0 Å². The van der Waals surface area contributed by atoms with Crippen LogP contribution < -0.4 is 5.32 Å². The summed E-state index contributed by atoms with van der Waals surface area (Å²) in [6.07, 6.45) is 5.01. The van der Waals surface area contributed by atoms with E-state index in [9.17, 15) is 4.39 Å². The first-order valence-electron chi connectivity index (χ1n) is 6.36. The fraction of sp³-hybridized carbons (Fsp3) is 0.571. The summed E-state index contributed by atoms with van der Waals surface area (Å²) in [4.78, 5) is 0. The zero-order valence-corrected chi connectivity index (χ0v) is 11.8. The molecule has 0 spiro atoms. The predicted octanol–water partition coefficient (Wildman–Crippen LogP) is 3.91. The van der Waals surface area contributed by atoms with Gasteiger partial charge in [0.05, 0.1) is 4.47 Å². The number of hydrogen-bond donors (Lipinski definition) is 1. The van der Waals surface area contributed by atoms with Crippen LogP contribution in [0, 0.1) is 11.7 Å². The van der Waals surface area contributed by atoms with Gasteiger partial charge in [-0.05, 0) is 58.9 Å². The lowest BCUT2D eigenvalue weighted by molar-refractivity contribution is 0.465. The third kappa shape index (κ3) is 4.07. The van der Waals surface area contributed by atoms with Gasteiger partial charge in [0.1, 0.15) is 5.82 Å². The SMILES string of the molecule is CCNC(Cc1ccc(F)c(Br)c1)CC1CC1. The van der Waals surface area contributed by atoms with Gasteiger partial charge in [0.15, 0.2) is 0 Å². The monoisotopic (exact) mass is 299 g/mol. The molecule has 1 aromatic rings. The minimum absolute atomic E-state index is 0.184. The number of rotatable bonds is 6. The molecule has 0 radical (unpaired) electrons. The predicted molar refractivity (Wildman–Crippen MR) is 72.6 cm³/mol. The van der Waals surface area contributed by atoms with Gasteiger partial charge in [0, 0.05) is 6.04 Å². The van der Waals surface area contributed by atoms with E-state index >= 15 is 0 Å². The second kappa shape index (κ2) is 5.96. The third-order valence-corrected chi connectivity index (χ3v) is 3.88. The summed E-state index contributed by atoms with van der Waals surface area (Å²) in [5.41, 5.74) is 1.20. The van der Waals surface area contributed by atoms with Crippen molar-refractivity contribution in [3.05, 3.63) is 34.1 Å². The molecule has 1 atom stereocenters. The first-order valence-corrected chi connectivity index (χ1v) is 7.15. The van der Waals surface area contributed by atoms with Gasteiger partial charge < -0.3 is 5.32 Å². The van der Waals surface area contributed by atoms with Crippen molar-refractivity contribution in [1.82, 2.24) is 5.32 Å². The zero-order chi connectivity index (χ0) is 12.3. The molecule has 1 aliphatic rings. The molecular formula is C14H19BrFN. The summed E-state index contributed by atoms with van der Waals surface area (Å²) in [6.45, 7) is 3.14. The first-order chi connectivity index (χ1) is 8.19. The molecular weight excluding hydrogens is 281 g/mol. The van der Waals surface area contributed by atoms with E-state index < -0.39 is 0 Å². The Morgan fingerprint density at radius 2 is 2.24 bits per heavy atom. The molecule has 1 saturated carbocycles. The number of halogens is 2. The molecule has 1 aromatic carbocycles. The van der Waals surface area contributed by atoms with Gasteiger partial charge in [-0.25, -0.2) is 4.39 Å². The Labute approximate surface area is 111 Å². The number of nitrogens with one attached hydrogen (secondary N) is 1. The summed E-state index contributed by atoms with van der Waals surface area (Å²) < 4.78 is 13.7. The lowest BCUT2D eigenvalue weighted by atomic mass is 10.0. The fourth-order valence-corrected chi connectivity index (χ4v) is 2.66. The Kier molecular flexibility index (Phi) is 4.57. The van der Waals surface area contributed by atoms with Gasteiger partial charge in [-0.3, -0.25) is 0 Å². The number of hydrogen-bond acceptors (Lipinski definition) is 1. The highest BCUT2D eigenvalue weighted by Gasteiger charge is 2.25. The summed E-state index contributed by atoms with van der Waals surface area (Å²) in [5, 5.41) is 3.53. The normalized spacial score (nSPS) is 17.1. The summed E-state index contributed by atoms with van der Waals surface area (Å²) in [7, 11) is 0. The van der Waals surface area contributed by atoms with E-state index in [0.717, 1.165) is 18.9 Å². The highest BCUT2D eigenvalue weighted by Crippen LogP contribution is 2.34. The van der Waals surface area contributed by atoms with Crippen molar-refractivity contribution in [2.24, 2.45) is 5.92 Å². The van der Waals surface area contributed by atoms with Crippen LogP contribution in [0.2, 0.25) is 0 Å². The van der Waals surface area contributed by atoms with Crippen LogP contribution in [0.4, 0.5) is 4.39 Å². The molecule has 0 amide bonds. The molecule has 0 heterocycles. The van der Waals surface area contributed by atoms with Gasteiger partial charge in [0.2, 0.25) is 0 Å². The van der Waals surface area contributed by atoms with Crippen LogP contribution in [0.25, 0.3) is 0 Å². The Morgan fingerprint density at radius 1 is 1.47 bits per heavy atom. The Hall–Kier alpha value is -0.410. The van der Waals surface area contributed by atoms with Crippen molar-refractivity contribution >= 4 is 15.9 Å². The molecule has 1 aliphatic carbocycles. The van der Waals surface area contributed by atoms with Crippen LogP contribution in [0.1, 0.15) is 31.7 Å². The smallest absolute Gasteiger partial charge is 0.137 e. The third-order valence-electron chi connectivity index (χ3n) is 3.27. The van der Waals surface area contributed by atoms with Crippen molar-refractivity contribution in [2.45, 2.75) is 38.6 Å². The Morgan fingerprint density at radius 3 is 2.82 bits per heavy atom. The largest absolute Gasteiger partial charge is 0.314 e. The van der Waals surface area contributed by atoms with E-state index in [1.165, 1.54) is 24.8 Å². The molecule has 0 aliphatic heterocycles. The average molecular weight is 300 g/mol. The average Bonchev–Trinajstić information content (AvgIpc) is 3.08. The lowest BCUT2D eigenvalue weighted by Gasteiger charge is -2.17. The summed E-state index contributed by atoms with van der Waals surface area (Å²) in [6, 6.07) is 5.86. The van der Waals surface area contributed by atoms with Crippen molar-refractivity contribution in [3.8, 4) is 0 Å². The molecule has 1 nitrogen and oxygen atoms in total. The van der Waals surface area contributed by atoms with E-state index in [4.69, 9.17) is 0 Å². The molecule has 3 heteroatoms. The van der Waals surface area contributed by atoms with E-state index in [2.05, 4.69) is 28.2 Å². The molecule has 94 valence electrons. The maximum Gasteiger partial charge on any atom is 0.137 e. The van der Waals surface area contributed by atoms with Gasteiger partial charge in [-0.2, -0.15) is 0 Å². The van der Waals surface area contributed by atoms with E-state index in [-0.39, 0.29) is 5.82 Å². The quantitative estimate of drug-likeness (QED) is 0.840. The van der Waals surface area contributed by atoms with Crippen LogP contribution in [0.5, 0.6) is 0 Å². The molecule has 1 fully saturated rings. The molecule has 17 heavy (non-hydrogen) atoms. The minimum atomic E-state index is -0.184. The van der Waals surface area contributed by atoms with Crippen molar-refractivity contribution in [1.29, 1.82) is 0 Å². The van der Waals surface area contributed by atoms with Crippen LogP contribution in [0.15, 0.2) is 22.7 Å². The van der Waals surface area contributed by atoms with E-state index in [1.54, 1.807) is 6.07 Å². The molecule has 2 rings (SSSR count). The van der Waals surface area contributed by atoms with E-state index in [0.29, 0.717) is 10.5 Å². The number of benzene rings is 1. The molecule has 0 bridgehead atoms. The maximum absolute atomic E-state index is 13.1. The second-order valence-electron chi connectivity index (χ2n) is 4.89. The Balaban J connectivity index is 1.97. The Bertz CT molecular complexity index is 376. The second-order valence-corrected chi connectivity index (χ2v) is 5.74. The van der Waals surface area contributed by atoms with Gasteiger partial charge in [-0.1, -0.05) is 25.8 Å². The zero-order valence-electron chi connectivity index (χ0n) is 10.2. The summed E-state index contributed by atoms with van der Waals surface area (Å²) >= 11 is 3.24. The van der Waals surface area contributed by atoms with E-state index in [1.807, 2.05) is 12.1 Å². The topological polar surface area (TPSA) is 12.0 Å². The van der Waals surface area contributed by atoms with Gasteiger partial charge in [-0.15, -0.1) is 0 Å². The fourth-order valence-electron chi connectivity index (χ4n) is 2.23. The van der Waals surface area contributed by atoms with Crippen molar-refractivity contribution < 1.29 is 4.39 Å². The minimum Gasteiger partial charge on any atom is -0.314 e. The van der Waals surface area contributed by atoms with Gasteiger partial charge in [0.25, 0.3) is 0 Å². The molecule has 0 aromatic heterocycles. The lowest BCUT2D eigenvalue weighted by Crippen LogP contribution is -2.31. The van der Waals surface area contributed by atoms with Gasteiger partial charge >= 0.3 is 0 Å². The van der Waals surface area contributed by atoms with Crippen LogP contribution in [-0.2, 0) is 6.42 Å². The molecule has 0 saturated heterocycles. The maximum atomic E-state index is 13.1. The standard InChI is InChI=1S/C14H19BrFN/c1-2-17-12(7-10-3-4-10)8-11-5-6-14(16)13(15)9-11/h5-6,9-10,12,17H,2-4,7-8H2,1H3. The molecule has 1 N–H and O–H groups in total. The first kappa shape index (κ1) is 13.0. The number of likely N-dealkylation sites (N-methyl/N-ethyl adjacent to an activating group) is 1. The van der Waals surface area contributed by atoms with Crippen molar-refractivity contribution in [3.63, 3.8) is 0 Å². The van der Waals surface area contributed by atoms with Crippen molar-refractivity contribution in [2.75, 3.05) is 6.54 Å². The van der Waals surface area contributed by atoms with Crippen LogP contribution in [-0.4, -0.2) is 12.6 Å². The van der Waals surface area contributed by atoms with Crippen LogP contribution >= 0.6 is 15.9 Å². The highest BCUT2D eigenvalue weighted by atomic mass is 79.9. The molecule has 1 unspecified atom stereocenters.